The van der Waals surface area contributed by atoms with Gasteiger partial charge in [-0.3, -0.25) is 15.0 Å². The number of rotatable bonds is 5. The number of hydrogen-bond donors (Lipinski definition) is 0. The number of piperazine rings is 1. The quantitative estimate of drug-likeness (QED) is 0.503. The van der Waals surface area contributed by atoms with Gasteiger partial charge in [-0.05, 0) is 36.4 Å². The van der Waals surface area contributed by atoms with E-state index in [-0.39, 0.29) is 5.69 Å². The van der Waals surface area contributed by atoms with Gasteiger partial charge >= 0.3 is 0 Å². The van der Waals surface area contributed by atoms with Crippen LogP contribution >= 0.6 is 0 Å². The molecule has 1 aromatic heterocycles. The topological polar surface area (TPSA) is 62.8 Å². The van der Waals surface area contributed by atoms with Gasteiger partial charge in [-0.2, -0.15) is 0 Å². The second-order valence-electron chi connectivity index (χ2n) is 6.67. The minimum absolute atomic E-state index is 0.0850. The summed E-state index contributed by atoms with van der Waals surface area (Å²) in [5, 5.41) is 10.8. The molecule has 0 radical (unpaired) electrons. The van der Waals surface area contributed by atoms with Crippen molar-refractivity contribution in [3.63, 3.8) is 0 Å². The maximum Gasteiger partial charge on any atom is 0.269 e. The number of furan rings is 1. The van der Waals surface area contributed by atoms with E-state index in [0.29, 0.717) is 0 Å². The van der Waals surface area contributed by atoms with Crippen LogP contribution < -0.4 is 4.90 Å². The van der Waals surface area contributed by atoms with Crippen molar-refractivity contribution in [2.45, 2.75) is 6.54 Å². The molecule has 1 fully saturated rings. The molecule has 0 N–H and O–H groups in total. The SMILES string of the molecule is O=[N+]([O-])c1ccc(-c2ccc(CN3CCN(c4ccccc4)CC3)o2)cc1. The first-order valence-corrected chi connectivity index (χ1v) is 9.05. The van der Waals surface area contributed by atoms with Crippen molar-refractivity contribution in [3.05, 3.63) is 82.6 Å². The first kappa shape index (κ1) is 17.3. The fourth-order valence-electron chi connectivity index (χ4n) is 3.39. The molecule has 0 amide bonds. The van der Waals surface area contributed by atoms with Crippen molar-refractivity contribution in [2.75, 3.05) is 31.1 Å². The van der Waals surface area contributed by atoms with E-state index in [1.165, 1.54) is 17.8 Å². The molecule has 4 rings (SSSR count). The Bertz CT molecular complexity index is 898. The minimum Gasteiger partial charge on any atom is -0.460 e. The molecule has 0 saturated carbocycles. The summed E-state index contributed by atoms with van der Waals surface area (Å²) in [6.45, 7) is 4.75. The van der Waals surface area contributed by atoms with E-state index in [1.54, 1.807) is 12.1 Å². The van der Waals surface area contributed by atoms with E-state index in [2.05, 4.69) is 34.1 Å². The number of anilines is 1. The molecule has 27 heavy (non-hydrogen) atoms. The highest BCUT2D eigenvalue weighted by molar-refractivity contribution is 5.59. The zero-order valence-electron chi connectivity index (χ0n) is 15.0. The fraction of sp³-hybridized carbons (Fsp3) is 0.238. The second kappa shape index (κ2) is 7.63. The average Bonchev–Trinajstić information content (AvgIpc) is 3.18. The number of non-ortho nitro benzene ring substituents is 1. The molecule has 1 aliphatic heterocycles. The van der Waals surface area contributed by atoms with Crippen LogP contribution in [-0.2, 0) is 6.54 Å². The zero-order valence-corrected chi connectivity index (χ0v) is 15.0. The van der Waals surface area contributed by atoms with Crippen LogP contribution in [0.4, 0.5) is 11.4 Å². The van der Waals surface area contributed by atoms with Gasteiger partial charge in [0, 0.05) is 49.6 Å². The monoisotopic (exact) mass is 363 g/mol. The first-order chi connectivity index (χ1) is 13.2. The van der Waals surface area contributed by atoms with Gasteiger partial charge in [-0.25, -0.2) is 0 Å². The summed E-state index contributed by atoms with van der Waals surface area (Å²) in [5.41, 5.74) is 2.21. The number of para-hydroxylation sites is 1. The molecule has 1 aliphatic rings. The van der Waals surface area contributed by atoms with Gasteiger partial charge in [0.25, 0.3) is 5.69 Å². The van der Waals surface area contributed by atoms with E-state index in [0.717, 1.165) is 49.8 Å². The van der Waals surface area contributed by atoms with Crippen molar-refractivity contribution >= 4 is 11.4 Å². The lowest BCUT2D eigenvalue weighted by Crippen LogP contribution is -2.45. The maximum absolute atomic E-state index is 10.8. The van der Waals surface area contributed by atoms with Crippen molar-refractivity contribution in [2.24, 2.45) is 0 Å². The smallest absolute Gasteiger partial charge is 0.269 e. The number of nitro groups is 1. The van der Waals surface area contributed by atoms with E-state index in [1.807, 2.05) is 18.2 Å². The molecule has 2 aromatic carbocycles. The van der Waals surface area contributed by atoms with Crippen LogP contribution in [0, 0.1) is 10.1 Å². The number of nitro benzene ring substituents is 1. The zero-order chi connectivity index (χ0) is 18.6. The normalized spacial score (nSPS) is 15.0. The van der Waals surface area contributed by atoms with Crippen molar-refractivity contribution < 1.29 is 9.34 Å². The van der Waals surface area contributed by atoms with Crippen LogP contribution in [0.5, 0.6) is 0 Å². The van der Waals surface area contributed by atoms with Gasteiger partial charge in [0.05, 0.1) is 11.5 Å². The Kier molecular flexibility index (Phi) is 4.89. The molecule has 6 nitrogen and oxygen atoms in total. The van der Waals surface area contributed by atoms with Crippen molar-refractivity contribution in [3.8, 4) is 11.3 Å². The van der Waals surface area contributed by atoms with Gasteiger partial charge in [0.2, 0.25) is 0 Å². The molecule has 0 unspecified atom stereocenters. The van der Waals surface area contributed by atoms with E-state index in [9.17, 15) is 10.1 Å². The van der Waals surface area contributed by atoms with Gasteiger partial charge < -0.3 is 9.32 Å². The third kappa shape index (κ3) is 4.01. The molecular formula is C21H21N3O3. The van der Waals surface area contributed by atoms with Crippen molar-refractivity contribution in [1.82, 2.24) is 4.90 Å². The third-order valence-electron chi connectivity index (χ3n) is 4.90. The molecule has 6 heteroatoms. The Balaban J connectivity index is 1.35. The number of nitrogens with zero attached hydrogens (tertiary/aromatic N) is 3. The van der Waals surface area contributed by atoms with E-state index < -0.39 is 4.92 Å². The molecule has 2 heterocycles. The Morgan fingerprint density at radius 2 is 1.59 bits per heavy atom. The largest absolute Gasteiger partial charge is 0.460 e. The summed E-state index contributed by atoms with van der Waals surface area (Å²) < 4.78 is 5.96. The molecule has 0 aliphatic carbocycles. The lowest BCUT2D eigenvalue weighted by atomic mass is 10.1. The van der Waals surface area contributed by atoms with Gasteiger partial charge in [-0.15, -0.1) is 0 Å². The predicted octanol–water partition coefficient (Wildman–Crippen LogP) is 4.18. The molecule has 1 saturated heterocycles. The Hall–Kier alpha value is -3.12. The molecule has 0 atom stereocenters. The summed E-state index contributed by atoms with van der Waals surface area (Å²) in [4.78, 5) is 15.2. The summed E-state index contributed by atoms with van der Waals surface area (Å²) in [6, 6.07) is 20.8. The molecule has 0 spiro atoms. The summed E-state index contributed by atoms with van der Waals surface area (Å²) in [6.07, 6.45) is 0. The van der Waals surface area contributed by atoms with Gasteiger partial charge in [-0.1, -0.05) is 18.2 Å². The fourth-order valence-corrected chi connectivity index (χ4v) is 3.39. The minimum atomic E-state index is -0.396. The van der Waals surface area contributed by atoms with Crippen LogP contribution in [0.15, 0.2) is 71.1 Å². The molecular weight excluding hydrogens is 342 g/mol. The van der Waals surface area contributed by atoms with Crippen LogP contribution in [0.2, 0.25) is 0 Å². The Labute approximate surface area is 157 Å². The highest BCUT2D eigenvalue weighted by Gasteiger charge is 2.18. The number of benzene rings is 2. The molecule has 138 valence electrons. The summed E-state index contributed by atoms with van der Waals surface area (Å²) >= 11 is 0. The molecule has 0 bridgehead atoms. The third-order valence-corrected chi connectivity index (χ3v) is 4.90. The van der Waals surface area contributed by atoms with Crippen LogP contribution in [-0.4, -0.2) is 36.0 Å². The predicted molar refractivity (Wildman–Crippen MR) is 105 cm³/mol. The lowest BCUT2D eigenvalue weighted by molar-refractivity contribution is -0.384. The van der Waals surface area contributed by atoms with Crippen LogP contribution in [0.1, 0.15) is 5.76 Å². The maximum atomic E-state index is 10.8. The van der Waals surface area contributed by atoms with Gasteiger partial charge in [0.15, 0.2) is 0 Å². The molecule has 3 aromatic rings. The highest BCUT2D eigenvalue weighted by Crippen LogP contribution is 2.25. The van der Waals surface area contributed by atoms with E-state index in [4.69, 9.17) is 4.42 Å². The summed E-state index contributed by atoms with van der Waals surface area (Å²) in [5.74, 6) is 1.65. The Morgan fingerprint density at radius 1 is 0.889 bits per heavy atom. The van der Waals surface area contributed by atoms with Crippen molar-refractivity contribution in [1.29, 1.82) is 0 Å². The van der Waals surface area contributed by atoms with Crippen LogP contribution in [0.25, 0.3) is 11.3 Å². The van der Waals surface area contributed by atoms with Crippen LogP contribution in [0.3, 0.4) is 0 Å². The lowest BCUT2D eigenvalue weighted by Gasteiger charge is -2.35. The Morgan fingerprint density at radius 3 is 2.26 bits per heavy atom. The summed E-state index contributed by atoms with van der Waals surface area (Å²) in [7, 11) is 0. The second-order valence-corrected chi connectivity index (χ2v) is 6.67. The standard InChI is InChI=1S/C21H21N3O3/c25-24(26)19-8-6-17(7-9-19)21-11-10-20(27-21)16-22-12-14-23(15-13-22)18-4-2-1-3-5-18/h1-11H,12-16H2. The van der Waals surface area contributed by atoms with Gasteiger partial charge in [0.1, 0.15) is 11.5 Å². The van der Waals surface area contributed by atoms with E-state index >= 15 is 0 Å². The highest BCUT2D eigenvalue weighted by atomic mass is 16.6. The number of hydrogen-bond acceptors (Lipinski definition) is 5. The average molecular weight is 363 g/mol. The first-order valence-electron chi connectivity index (χ1n) is 9.05.